The minimum Gasteiger partial charge on any atom is -0.481 e. The summed E-state index contributed by atoms with van der Waals surface area (Å²) in [7, 11) is 2.22. The van der Waals surface area contributed by atoms with E-state index < -0.39 is 5.97 Å². The Morgan fingerprint density at radius 2 is 1.85 bits per heavy atom. The van der Waals surface area contributed by atoms with Crippen LogP contribution in [0.25, 0.3) is 5.57 Å². The molecule has 1 aliphatic rings. The Hall–Kier alpha value is -1.43. The fourth-order valence-corrected chi connectivity index (χ4v) is 5.96. The molecular weight excluding hydrogens is 362 g/mol. The molecule has 3 rings (SSSR count). The van der Waals surface area contributed by atoms with Gasteiger partial charge in [-0.15, -0.1) is 22.7 Å². The van der Waals surface area contributed by atoms with Crippen molar-refractivity contribution in [1.29, 1.82) is 0 Å². The first-order valence-corrected chi connectivity index (χ1v) is 11.0. The molecule has 0 saturated carbocycles. The van der Waals surface area contributed by atoms with Crippen LogP contribution in [0.5, 0.6) is 0 Å². The summed E-state index contributed by atoms with van der Waals surface area (Å²) in [5.74, 6) is -0.815. The van der Waals surface area contributed by atoms with Crippen molar-refractivity contribution >= 4 is 34.2 Å². The van der Waals surface area contributed by atoms with Crippen molar-refractivity contribution in [1.82, 2.24) is 0 Å². The summed E-state index contributed by atoms with van der Waals surface area (Å²) in [5, 5.41) is 13.7. The predicted octanol–water partition coefficient (Wildman–Crippen LogP) is 5.19. The lowest BCUT2D eigenvalue weighted by Gasteiger charge is -2.40. The van der Waals surface area contributed by atoms with E-state index in [0.717, 1.165) is 43.4 Å². The number of hydrogen-bond acceptors (Lipinski definition) is 3. The Labute approximate surface area is 164 Å². The molecule has 3 nitrogen and oxygen atoms in total. The van der Waals surface area contributed by atoms with Gasteiger partial charge in [-0.3, -0.25) is 4.79 Å². The van der Waals surface area contributed by atoms with E-state index in [1.807, 2.05) is 22.7 Å². The van der Waals surface area contributed by atoms with Crippen molar-refractivity contribution in [2.45, 2.75) is 33.1 Å². The second-order valence-electron chi connectivity index (χ2n) is 7.70. The highest BCUT2D eigenvalue weighted by molar-refractivity contribution is 7.14. The van der Waals surface area contributed by atoms with Crippen LogP contribution in [0.2, 0.25) is 0 Å². The number of nitrogens with zero attached hydrogens (tertiary/aromatic N) is 1. The average molecular weight is 391 g/mol. The van der Waals surface area contributed by atoms with Crippen molar-refractivity contribution in [2.24, 2.45) is 5.92 Å². The lowest BCUT2D eigenvalue weighted by Crippen LogP contribution is -2.52. The Bertz CT molecular complexity index is 762. The van der Waals surface area contributed by atoms with Gasteiger partial charge in [0, 0.05) is 21.7 Å². The van der Waals surface area contributed by atoms with Crippen LogP contribution >= 0.6 is 22.7 Å². The fraction of sp³-hybridized carbons (Fsp3) is 0.476. The van der Waals surface area contributed by atoms with Crippen molar-refractivity contribution in [3.8, 4) is 0 Å². The number of carbonyl (C=O) groups is 1. The number of piperidine rings is 1. The van der Waals surface area contributed by atoms with Crippen molar-refractivity contribution in [3.63, 3.8) is 0 Å². The Morgan fingerprint density at radius 3 is 2.35 bits per heavy atom. The quantitative estimate of drug-likeness (QED) is 0.689. The third kappa shape index (κ3) is 4.27. The maximum atomic E-state index is 11.4. The summed E-state index contributed by atoms with van der Waals surface area (Å²) in [6.07, 6.45) is 5.20. The standard InChI is InChI=1S/C21H27NO2S2/c1-15-8-12-25-19(15)18(20-16(2)9-13-26-20)7-5-11-22(3)10-4-6-17(14-22)21(23)24/h7-9,12-13,17H,4-6,10-11,14H2,1-3H3/p+1. The first-order valence-electron chi connectivity index (χ1n) is 9.25. The summed E-state index contributed by atoms with van der Waals surface area (Å²) in [6.45, 7) is 7.21. The van der Waals surface area contributed by atoms with Crippen molar-refractivity contribution in [3.05, 3.63) is 49.9 Å². The minimum atomic E-state index is -0.631. The van der Waals surface area contributed by atoms with Gasteiger partial charge in [0.1, 0.15) is 5.92 Å². The third-order valence-electron chi connectivity index (χ3n) is 5.49. The van der Waals surface area contributed by atoms with E-state index in [1.165, 1.54) is 26.5 Å². The van der Waals surface area contributed by atoms with Crippen molar-refractivity contribution in [2.75, 3.05) is 26.7 Å². The minimum absolute atomic E-state index is 0.184. The molecule has 2 unspecified atom stereocenters. The van der Waals surface area contributed by atoms with E-state index in [1.54, 1.807) is 0 Å². The molecule has 0 bridgehead atoms. The number of quaternary nitrogens is 1. The molecule has 5 heteroatoms. The highest BCUT2D eigenvalue weighted by atomic mass is 32.1. The molecule has 1 fully saturated rings. The van der Waals surface area contributed by atoms with Gasteiger partial charge in [0.05, 0.1) is 26.7 Å². The second kappa shape index (κ2) is 8.07. The van der Waals surface area contributed by atoms with Crippen molar-refractivity contribution < 1.29 is 14.4 Å². The number of likely N-dealkylation sites (tertiary alicyclic amines) is 1. The molecule has 1 saturated heterocycles. The monoisotopic (exact) mass is 390 g/mol. The van der Waals surface area contributed by atoms with Gasteiger partial charge in [-0.2, -0.15) is 0 Å². The van der Waals surface area contributed by atoms with E-state index in [2.05, 4.69) is 49.9 Å². The molecule has 1 aliphatic heterocycles. The first kappa shape index (κ1) is 19.3. The Kier molecular flexibility index (Phi) is 6.00. The number of carboxylic acid groups (broad SMARTS) is 1. The number of aryl methyl sites for hydroxylation is 2. The number of carboxylic acids is 1. The normalized spacial score (nSPS) is 23.0. The average Bonchev–Trinajstić information content (AvgIpc) is 3.20. The summed E-state index contributed by atoms with van der Waals surface area (Å²) < 4.78 is 0.869. The molecule has 26 heavy (non-hydrogen) atoms. The van der Waals surface area contributed by atoms with E-state index in [0.29, 0.717) is 0 Å². The van der Waals surface area contributed by atoms with Gasteiger partial charge in [0.2, 0.25) is 0 Å². The summed E-state index contributed by atoms with van der Waals surface area (Å²) in [6, 6.07) is 4.37. The van der Waals surface area contributed by atoms with Crippen LogP contribution in [0, 0.1) is 19.8 Å². The van der Waals surface area contributed by atoms with Gasteiger partial charge < -0.3 is 9.59 Å². The first-order chi connectivity index (χ1) is 12.4. The molecule has 0 aliphatic carbocycles. The van der Waals surface area contributed by atoms with Crippen LogP contribution in [-0.2, 0) is 4.79 Å². The highest BCUT2D eigenvalue weighted by Gasteiger charge is 2.34. The molecule has 2 aromatic rings. The molecule has 0 radical (unpaired) electrons. The van der Waals surface area contributed by atoms with Crippen LogP contribution in [0.1, 0.15) is 40.1 Å². The zero-order chi connectivity index (χ0) is 18.7. The lowest BCUT2D eigenvalue weighted by molar-refractivity contribution is -0.916. The zero-order valence-electron chi connectivity index (χ0n) is 15.8. The van der Waals surface area contributed by atoms with E-state index in [9.17, 15) is 9.90 Å². The molecule has 140 valence electrons. The number of thiophene rings is 2. The summed E-state index contributed by atoms with van der Waals surface area (Å²) in [5.41, 5.74) is 4.01. The van der Waals surface area contributed by atoms with E-state index in [-0.39, 0.29) is 5.92 Å². The largest absolute Gasteiger partial charge is 0.481 e. The van der Waals surface area contributed by atoms with Crippen LogP contribution in [0.15, 0.2) is 29.0 Å². The Morgan fingerprint density at radius 1 is 1.23 bits per heavy atom. The molecule has 0 aromatic carbocycles. The topological polar surface area (TPSA) is 37.3 Å². The SMILES string of the molecule is Cc1ccsc1C(=CCC[N+]1(C)CCCC(C(=O)O)C1)c1sccc1C. The molecule has 0 spiro atoms. The number of aliphatic carboxylic acids is 1. The van der Waals surface area contributed by atoms with Gasteiger partial charge in [0.25, 0.3) is 0 Å². The Balaban J connectivity index is 1.78. The third-order valence-corrected chi connectivity index (χ3v) is 7.59. The summed E-state index contributed by atoms with van der Waals surface area (Å²) in [4.78, 5) is 14.1. The van der Waals surface area contributed by atoms with Gasteiger partial charge in [0.15, 0.2) is 0 Å². The molecule has 1 N–H and O–H groups in total. The lowest BCUT2D eigenvalue weighted by atomic mass is 9.96. The zero-order valence-corrected chi connectivity index (χ0v) is 17.5. The predicted molar refractivity (Wildman–Crippen MR) is 111 cm³/mol. The van der Waals surface area contributed by atoms with Crippen LogP contribution in [-0.4, -0.2) is 42.2 Å². The smallest absolute Gasteiger partial charge is 0.312 e. The van der Waals surface area contributed by atoms with E-state index in [4.69, 9.17) is 0 Å². The van der Waals surface area contributed by atoms with Crippen LogP contribution in [0.3, 0.4) is 0 Å². The molecule has 2 aromatic heterocycles. The second-order valence-corrected chi connectivity index (χ2v) is 9.53. The maximum absolute atomic E-state index is 11.4. The van der Waals surface area contributed by atoms with Gasteiger partial charge in [-0.1, -0.05) is 6.08 Å². The molecular formula is C21H28NO2S2+. The van der Waals surface area contributed by atoms with Gasteiger partial charge >= 0.3 is 5.97 Å². The van der Waals surface area contributed by atoms with Crippen LogP contribution in [0.4, 0.5) is 0 Å². The van der Waals surface area contributed by atoms with Crippen LogP contribution < -0.4 is 0 Å². The molecule has 3 heterocycles. The highest BCUT2D eigenvalue weighted by Crippen LogP contribution is 2.35. The summed E-state index contributed by atoms with van der Waals surface area (Å²) >= 11 is 3.62. The van der Waals surface area contributed by atoms with Gasteiger partial charge in [-0.05, 0) is 60.7 Å². The fourth-order valence-electron chi connectivity index (χ4n) is 3.95. The van der Waals surface area contributed by atoms with Gasteiger partial charge in [-0.25, -0.2) is 0 Å². The maximum Gasteiger partial charge on any atom is 0.312 e. The number of hydrogen-bond donors (Lipinski definition) is 1. The molecule has 2 atom stereocenters. The molecule has 0 amide bonds. The number of rotatable bonds is 6. The van der Waals surface area contributed by atoms with E-state index >= 15 is 0 Å².